The molecule has 1 atom stereocenters. The third-order valence-electron chi connectivity index (χ3n) is 5.24. The van der Waals surface area contributed by atoms with Gasteiger partial charge in [-0.05, 0) is 12.8 Å². The van der Waals surface area contributed by atoms with E-state index in [2.05, 4.69) is 10.1 Å². The molecule has 0 aromatic carbocycles. The zero-order valence-electron chi connectivity index (χ0n) is 13.2. The summed E-state index contributed by atoms with van der Waals surface area (Å²) in [6.07, 6.45) is 3.39. The molecule has 3 aliphatic rings. The molecule has 4 rings (SSSR count). The second-order valence-corrected chi connectivity index (χ2v) is 9.09. The summed E-state index contributed by atoms with van der Waals surface area (Å²) in [5.41, 5.74) is -0.303. The van der Waals surface area contributed by atoms with Gasteiger partial charge in [0.2, 0.25) is 21.8 Å². The van der Waals surface area contributed by atoms with E-state index in [4.69, 9.17) is 4.52 Å². The zero-order valence-corrected chi connectivity index (χ0v) is 14.0. The molecule has 3 heterocycles. The van der Waals surface area contributed by atoms with Gasteiger partial charge >= 0.3 is 0 Å². The third-order valence-corrected chi connectivity index (χ3v) is 6.46. The molecular formula is C14H20N4O4S. The summed E-state index contributed by atoms with van der Waals surface area (Å²) in [7, 11) is -3.29. The number of carbonyl (C=O) groups excluding carboxylic acids is 1. The van der Waals surface area contributed by atoms with Crippen LogP contribution in [0.15, 0.2) is 4.52 Å². The molecule has 1 amide bonds. The fourth-order valence-electron chi connectivity index (χ4n) is 3.67. The zero-order chi connectivity index (χ0) is 16.4. The van der Waals surface area contributed by atoms with E-state index in [1.54, 1.807) is 4.90 Å². The minimum absolute atomic E-state index is 0.0105. The molecule has 126 valence electrons. The van der Waals surface area contributed by atoms with Crippen LogP contribution >= 0.6 is 0 Å². The van der Waals surface area contributed by atoms with Crippen molar-refractivity contribution in [3.05, 3.63) is 11.7 Å². The second-order valence-electron chi connectivity index (χ2n) is 7.11. The number of hydrogen-bond acceptors (Lipinski definition) is 6. The van der Waals surface area contributed by atoms with Crippen LogP contribution in [0.4, 0.5) is 0 Å². The minimum Gasteiger partial charge on any atom is -0.342 e. The molecule has 9 heteroatoms. The van der Waals surface area contributed by atoms with Gasteiger partial charge in [-0.15, -0.1) is 0 Å². The molecule has 2 aliphatic heterocycles. The van der Waals surface area contributed by atoms with E-state index < -0.39 is 10.0 Å². The smallest absolute Gasteiger partial charge is 0.231 e. The fourth-order valence-corrected chi connectivity index (χ4v) is 4.58. The van der Waals surface area contributed by atoms with Crippen molar-refractivity contribution < 1.29 is 17.7 Å². The Labute approximate surface area is 134 Å². The molecule has 1 spiro atoms. The Morgan fingerprint density at radius 3 is 2.57 bits per heavy atom. The Kier molecular flexibility index (Phi) is 3.12. The number of aromatic nitrogens is 2. The average molecular weight is 340 g/mol. The lowest BCUT2D eigenvalue weighted by atomic mass is 9.71. The first-order valence-electron chi connectivity index (χ1n) is 7.83. The summed E-state index contributed by atoms with van der Waals surface area (Å²) in [6.45, 7) is 3.36. The Bertz CT molecular complexity index is 749. The van der Waals surface area contributed by atoms with Crippen LogP contribution in [0.25, 0.3) is 0 Å². The van der Waals surface area contributed by atoms with Crippen LogP contribution in [-0.4, -0.2) is 66.1 Å². The predicted octanol–water partition coefficient (Wildman–Crippen LogP) is 0.154. The first-order chi connectivity index (χ1) is 10.8. The summed E-state index contributed by atoms with van der Waals surface area (Å²) in [5.74, 6) is 1.51. The lowest BCUT2D eigenvalue weighted by molar-refractivity contribution is -0.141. The Hall–Kier alpha value is -1.48. The van der Waals surface area contributed by atoms with Gasteiger partial charge in [-0.3, -0.25) is 4.79 Å². The normalized spacial score (nSPS) is 27.4. The number of sulfonamides is 1. The van der Waals surface area contributed by atoms with E-state index in [9.17, 15) is 13.2 Å². The number of likely N-dealkylation sites (tertiary alicyclic amines) is 1. The average Bonchev–Trinajstić information content (AvgIpc) is 3.00. The maximum absolute atomic E-state index is 12.0. The van der Waals surface area contributed by atoms with E-state index in [1.807, 2.05) is 0 Å². The highest BCUT2D eigenvalue weighted by Crippen LogP contribution is 2.50. The van der Waals surface area contributed by atoms with Crippen LogP contribution in [-0.2, 0) is 14.8 Å². The summed E-state index contributed by atoms with van der Waals surface area (Å²) in [6, 6.07) is 0. The van der Waals surface area contributed by atoms with Gasteiger partial charge in [0.15, 0.2) is 5.82 Å². The molecule has 1 saturated carbocycles. The van der Waals surface area contributed by atoms with E-state index in [-0.39, 0.29) is 17.2 Å². The lowest BCUT2D eigenvalue weighted by Crippen LogP contribution is -2.61. The van der Waals surface area contributed by atoms with Crippen LogP contribution in [0.3, 0.4) is 0 Å². The molecular weight excluding hydrogens is 320 g/mol. The van der Waals surface area contributed by atoms with Crippen LogP contribution < -0.4 is 0 Å². The van der Waals surface area contributed by atoms with Crippen LogP contribution in [0.2, 0.25) is 0 Å². The molecule has 3 fully saturated rings. The van der Waals surface area contributed by atoms with Gasteiger partial charge < -0.3 is 9.42 Å². The first kappa shape index (κ1) is 15.1. The van der Waals surface area contributed by atoms with Crippen LogP contribution in [0.1, 0.15) is 43.3 Å². The predicted molar refractivity (Wildman–Crippen MR) is 80.1 cm³/mol. The van der Waals surface area contributed by atoms with Gasteiger partial charge in [-0.1, -0.05) is 5.16 Å². The topological polar surface area (TPSA) is 96.6 Å². The van der Waals surface area contributed by atoms with Gasteiger partial charge in [0.25, 0.3) is 0 Å². The van der Waals surface area contributed by atoms with Gasteiger partial charge in [0.05, 0.1) is 12.2 Å². The highest BCUT2D eigenvalue weighted by molar-refractivity contribution is 7.88. The van der Waals surface area contributed by atoms with Crippen molar-refractivity contribution in [2.24, 2.45) is 5.41 Å². The molecule has 1 aromatic heterocycles. The van der Waals surface area contributed by atoms with Gasteiger partial charge in [-0.25, -0.2) is 12.7 Å². The van der Waals surface area contributed by atoms with Crippen LogP contribution in [0, 0.1) is 5.41 Å². The van der Waals surface area contributed by atoms with Gasteiger partial charge in [0, 0.05) is 44.4 Å². The van der Waals surface area contributed by atoms with E-state index in [1.165, 1.54) is 17.5 Å². The van der Waals surface area contributed by atoms with Crippen molar-refractivity contribution in [1.82, 2.24) is 19.3 Å². The van der Waals surface area contributed by atoms with E-state index >= 15 is 0 Å². The van der Waals surface area contributed by atoms with Crippen molar-refractivity contribution in [1.29, 1.82) is 0 Å². The number of rotatable bonds is 3. The molecule has 2 saturated heterocycles. The Morgan fingerprint density at radius 1 is 1.30 bits per heavy atom. The third kappa shape index (κ3) is 2.46. The summed E-state index contributed by atoms with van der Waals surface area (Å²) < 4.78 is 30.8. The monoisotopic (exact) mass is 340 g/mol. The van der Waals surface area contributed by atoms with Crippen molar-refractivity contribution in [3.8, 4) is 0 Å². The van der Waals surface area contributed by atoms with Gasteiger partial charge in [0.1, 0.15) is 0 Å². The highest BCUT2D eigenvalue weighted by Gasteiger charge is 2.58. The molecule has 0 radical (unpaired) electrons. The molecule has 1 aliphatic carbocycles. The molecule has 0 N–H and O–H groups in total. The Morgan fingerprint density at radius 2 is 2.00 bits per heavy atom. The summed E-state index contributed by atoms with van der Waals surface area (Å²) in [4.78, 5) is 17.8. The van der Waals surface area contributed by atoms with E-state index in [0.717, 1.165) is 18.7 Å². The maximum Gasteiger partial charge on any atom is 0.231 e. The second kappa shape index (κ2) is 4.76. The van der Waals surface area contributed by atoms with Crippen molar-refractivity contribution in [2.75, 3.05) is 32.4 Å². The molecule has 8 nitrogen and oxygen atoms in total. The first-order valence-corrected chi connectivity index (χ1v) is 9.67. The quantitative estimate of drug-likeness (QED) is 0.777. The van der Waals surface area contributed by atoms with Gasteiger partial charge in [-0.2, -0.15) is 4.98 Å². The number of hydrogen-bond donors (Lipinski definition) is 0. The Balaban J connectivity index is 1.63. The van der Waals surface area contributed by atoms with Crippen LogP contribution in [0.5, 0.6) is 0 Å². The summed E-state index contributed by atoms with van der Waals surface area (Å²) in [5, 5.41) is 4.05. The standard InChI is InChI=1S/C14H20N4O4S/c1-9(19)17-6-14(7-17)8-18(23(2,20)21)5-11(14)13-15-12(16-22-13)10-3-4-10/h10-11H,3-8H2,1-2H3. The maximum atomic E-state index is 12.0. The SMILES string of the molecule is CC(=O)N1CC2(C1)CN(S(C)(=O)=O)CC2c1nc(C2CC2)no1. The molecule has 1 unspecified atom stereocenters. The van der Waals surface area contributed by atoms with Crippen molar-refractivity contribution in [2.45, 2.75) is 31.6 Å². The number of carbonyl (C=O) groups is 1. The fraction of sp³-hybridized carbons (Fsp3) is 0.786. The summed E-state index contributed by atoms with van der Waals surface area (Å²) >= 11 is 0. The van der Waals surface area contributed by atoms with E-state index in [0.29, 0.717) is 38.0 Å². The van der Waals surface area contributed by atoms with Crippen molar-refractivity contribution >= 4 is 15.9 Å². The molecule has 1 aromatic rings. The molecule has 23 heavy (non-hydrogen) atoms. The number of amides is 1. The largest absolute Gasteiger partial charge is 0.342 e. The molecule has 0 bridgehead atoms. The number of nitrogens with zero attached hydrogens (tertiary/aromatic N) is 4. The van der Waals surface area contributed by atoms with Crippen molar-refractivity contribution in [3.63, 3.8) is 0 Å². The highest BCUT2D eigenvalue weighted by atomic mass is 32.2. The lowest BCUT2D eigenvalue weighted by Gasteiger charge is -2.49. The minimum atomic E-state index is -3.29.